The minimum Gasteiger partial charge on any atom is -0.423 e. The number of ether oxygens (including phenoxy) is 2. The number of carbonyl (C=O) groups is 2. The fraction of sp³-hybridized carbons (Fsp3) is 0. The van der Waals surface area contributed by atoms with E-state index < -0.39 is 21.8 Å². The first-order chi connectivity index (χ1) is 17.3. The Balaban J connectivity index is 1.50. The number of non-ortho nitro benzene ring substituents is 2. The van der Waals surface area contributed by atoms with Gasteiger partial charge in [-0.25, -0.2) is 14.6 Å². The van der Waals surface area contributed by atoms with E-state index in [0.29, 0.717) is 16.7 Å². The summed E-state index contributed by atoms with van der Waals surface area (Å²) in [4.78, 5) is 49.3. The molecular formula is C25H15N3O8. The summed E-state index contributed by atoms with van der Waals surface area (Å²) in [6, 6.07) is 17.5. The molecule has 0 unspecified atom stereocenters. The molecule has 1 heterocycles. The average Bonchev–Trinajstić information content (AvgIpc) is 3.24. The molecule has 0 fully saturated rings. The molecule has 3 aromatic rings. The highest BCUT2D eigenvalue weighted by molar-refractivity contribution is 6.13. The summed E-state index contributed by atoms with van der Waals surface area (Å²) < 4.78 is 10.6. The number of carbonyl (C=O) groups excluding carboxylic acids is 2. The molecule has 0 saturated carbocycles. The van der Waals surface area contributed by atoms with Crippen molar-refractivity contribution in [3.8, 4) is 5.75 Å². The molecule has 11 nitrogen and oxygen atoms in total. The van der Waals surface area contributed by atoms with Crippen molar-refractivity contribution in [2.75, 3.05) is 0 Å². The highest BCUT2D eigenvalue weighted by Crippen LogP contribution is 2.25. The molecule has 0 spiro atoms. The molecule has 36 heavy (non-hydrogen) atoms. The summed E-state index contributed by atoms with van der Waals surface area (Å²) in [6.07, 6.45) is 4.01. The number of nitrogens with zero attached hydrogens (tertiary/aromatic N) is 3. The van der Waals surface area contributed by atoms with Gasteiger partial charge in [-0.2, -0.15) is 0 Å². The van der Waals surface area contributed by atoms with Crippen LogP contribution >= 0.6 is 0 Å². The summed E-state index contributed by atoms with van der Waals surface area (Å²) in [5.41, 5.74) is 1.10. The van der Waals surface area contributed by atoms with Gasteiger partial charge < -0.3 is 9.47 Å². The van der Waals surface area contributed by atoms with E-state index in [2.05, 4.69) is 4.99 Å². The Bertz CT molecular complexity index is 1460. The van der Waals surface area contributed by atoms with Crippen LogP contribution in [0.5, 0.6) is 5.75 Å². The monoisotopic (exact) mass is 485 g/mol. The standard InChI is InChI=1S/C25H15N3O8/c29-23(14-7-16-5-10-19(11-6-16)27(31)32)35-22-4-2-1-3-18(22)15-21-25(30)36-24(26-21)17-8-12-20(13-9-17)28(33)34/h1-15H/b14-7+,21-15-. The van der Waals surface area contributed by atoms with E-state index in [1.54, 1.807) is 18.2 Å². The summed E-state index contributed by atoms with van der Waals surface area (Å²) in [5.74, 6) is -1.29. The molecule has 1 aliphatic heterocycles. The Morgan fingerprint density at radius 2 is 1.50 bits per heavy atom. The number of rotatable bonds is 7. The van der Waals surface area contributed by atoms with Gasteiger partial charge >= 0.3 is 11.9 Å². The predicted octanol–water partition coefficient (Wildman–Crippen LogP) is 4.47. The van der Waals surface area contributed by atoms with Crippen LogP contribution in [0.15, 0.2) is 89.6 Å². The highest BCUT2D eigenvalue weighted by atomic mass is 16.6. The van der Waals surface area contributed by atoms with Gasteiger partial charge in [0.1, 0.15) is 5.75 Å². The van der Waals surface area contributed by atoms with Gasteiger partial charge in [-0.3, -0.25) is 20.2 Å². The second-order valence-corrected chi connectivity index (χ2v) is 7.28. The normalized spacial score (nSPS) is 13.9. The van der Waals surface area contributed by atoms with Gasteiger partial charge in [0.25, 0.3) is 11.4 Å². The molecule has 11 heteroatoms. The zero-order chi connectivity index (χ0) is 25.7. The Labute approximate surface area is 202 Å². The molecule has 0 aliphatic carbocycles. The zero-order valence-corrected chi connectivity index (χ0v) is 18.3. The Morgan fingerprint density at radius 1 is 0.889 bits per heavy atom. The van der Waals surface area contributed by atoms with Gasteiger partial charge in [-0.15, -0.1) is 0 Å². The second-order valence-electron chi connectivity index (χ2n) is 7.28. The minimum absolute atomic E-state index is 0.0124. The van der Waals surface area contributed by atoms with Gasteiger partial charge in [-0.1, -0.05) is 18.2 Å². The lowest BCUT2D eigenvalue weighted by Gasteiger charge is -2.05. The van der Waals surface area contributed by atoms with E-state index in [1.165, 1.54) is 72.8 Å². The number of aliphatic imine (C=N–C) groups is 1. The molecule has 0 aromatic heterocycles. The van der Waals surface area contributed by atoms with Gasteiger partial charge in [0, 0.05) is 41.5 Å². The summed E-state index contributed by atoms with van der Waals surface area (Å²) in [5, 5.41) is 21.5. The molecule has 0 atom stereocenters. The van der Waals surface area contributed by atoms with E-state index >= 15 is 0 Å². The van der Waals surface area contributed by atoms with Crippen LogP contribution in [0.3, 0.4) is 0 Å². The Kier molecular flexibility index (Phi) is 6.73. The van der Waals surface area contributed by atoms with Crippen molar-refractivity contribution >= 4 is 41.4 Å². The summed E-state index contributed by atoms with van der Waals surface area (Å²) >= 11 is 0. The lowest BCUT2D eigenvalue weighted by Crippen LogP contribution is -2.06. The molecule has 0 N–H and O–H groups in total. The second kappa shape index (κ2) is 10.2. The molecule has 178 valence electrons. The predicted molar refractivity (Wildman–Crippen MR) is 128 cm³/mol. The van der Waals surface area contributed by atoms with Crippen molar-refractivity contribution in [3.63, 3.8) is 0 Å². The molecule has 0 radical (unpaired) electrons. The van der Waals surface area contributed by atoms with Crippen LogP contribution in [0.4, 0.5) is 11.4 Å². The SMILES string of the molecule is O=C(/C=C/c1ccc([N+](=O)[O-])cc1)Oc1ccccc1/C=C1\N=C(c2ccc([N+](=O)[O-])cc2)OC1=O. The van der Waals surface area contributed by atoms with Crippen molar-refractivity contribution in [2.24, 2.45) is 4.99 Å². The molecule has 1 aliphatic rings. The lowest BCUT2D eigenvalue weighted by molar-refractivity contribution is -0.385. The van der Waals surface area contributed by atoms with Gasteiger partial charge in [0.15, 0.2) is 5.70 Å². The van der Waals surface area contributed by atoms with Crippen LogP contribution in [0.1, 0.15) is 16.7 Å². The third-order valence-corrected chi connectivity index (χ3v) is 4.88. The summed E-state index contributed by atoms with van der Waals surface area (Å²) in [7, 11) is 0. The number of benzene rings is 3. The number of esters is 2. The molecule has 0 amide bonds. The average molecular weight is 485 g/mol. The van der Waals surface area contributed by atoms with Crippen LogP contribution in [0.25, 0.3) is 12.2 Å². The third kappa shape index (κ3) is 5.54. The van der Waals surface area contributed by atoms with Gasteiger partial charge in [0.05, 0.1) is 9.85 Å². The molecule has 0 saturated heterocycles. The third-order valence-electron chi connectivity index (χ3n) is 4.88. The quantitative estimate of drug-likeness (QED) is 0.156. The lowest BCUT2D eigenvalue weighted by atomic mass is 10.1. The van der Waals surface area contributed by atoms with E-state index in [9.17, 15) is 29.8 Å². The maximum atomic E-state index is 12.3. The highest BCUT2D eigenvalue weighted by Gasteiger charge is 2.25. The van der Waals surface area contributed by atoms with Crippen LogP contribution in [0.2, 0.25) is 0 Å². The van der Waals surface area contributed by atoms with E-state index in [-0.39, 0.29) is 28.7 Å². The van der Waals surface area contributed by atoms with Crippen molar-refractivity contribution in [2.45, 2.75) is 0 Å². The van der Waals surface area contributed by atoms with Crippen molar-refractivity contribution in [1.29, 1.82) is 0 Å². The van der Waals surface area contributed by atoms with Crippen LogP contribution in [-0.4, -0.2) is 27.7 Å². The Hall–Kier alpha value is -5.45. The van der Waals surface area contributed by atoms with E-state index in [1.807, 2.05) is 0 Å². The van der Waals surface area contributed by atoms with Gasteiger partial charge in [-0.05, 0) is 48.0 Å². The number of cyclic esters (lactones) is 1. The number of hydrogen-bond donors (Lipinski definition) is 0. The fourth-order valence-corrected chi connectivity index (χ4v) is 3.11. The summed E-state index contributed by atoms with van der Waals surface area (Å²) in [6.45, 7) is 0. The maximum absolute atomic E-state index is 12.3. The van der Waals surface area contributed by atoms with Crippen molar-refractivity contribution < 1.29 is 28.9 Å². The minimum atomic E-state index is -0.734. The smallest absolute Gasteiger partial charge is 0.363 e. The van der Waals surface area contributed by atoms with Crippen molar-refractivity contribution in [1.82, 2.24) is 0 Å². The number of nitro benzene ring substituents is 2. The zero-order valence-electron chi connectivity index (χ0n) is 18.3. The van der Waals surface area contributed by atoms with Crippen LogP contribution in [-0.2, 0) is 14.3 Å². The molecule has 4 rings (SSSR count). The first-order valence-electron chi connectivity index (χ1n) is 10.3. The van der Waals surface area contributed by atoms with Crippen molar-refractivity contribution in [3.05, 3.63) is 121 Å². The molecule has 0 bridgehead atoms. The number of hydrogen-bond acceptors (Lipinski definition) is 9. The Morgan fingerprint density at radius 3 is 2.14 bits per heavy atom. The first-order valence-corrected chi connectivity index (χ1v) is 10.3. The topological polar surface area (TPSA) is 151 Å². The largest absolute Gasteiger partial charge is 0.423 e. The first kappa shape index (κ1) is 23.7. The number of para-hydroxylation sites is 1. The van der Waals surface area contributed by atoms with Crippen LogP contribution in [0, 0.1) is 20.2 Å². The number of nitro groups is 2. The van der Waals surface area contributed by atoms with Gasteiger partial charge in [0.2, 0.25) is 5.90 Å². The molecular weight excluding hydrogens is 470 g/mol. The maximum Gasteiger partial charge on any atom is 0.363 e. The fourth-order valence-electron chi connectivity index (χ4n) is 3.11. The van der Waals surface area contributed by atoms with E-state index in [0.717, 1.165) is 0 Å². The van der Waals surface area contributed by atoms with Crippen LogP contribution < -0.4 is 4.74 Å². The van der Waals surface area contributed by atoms with E-state index in [4.69, 9.17) is 9.47 Å². The molecule has 3 aromatic carbocycles.